The molecule has 0 heterocycles. The summed E-state index contributed by atoms with van der Waals surface area (Å²) >= 11 is 0. The van der Waals surface area contributed by atoms with Crippen LogP contribution in [0.4, 0.5) is 5.69 Å². The first-order chi connectivity index (χ1) is 11.8. The molecule has 0 unspecified atom stereocenters. The smallest absolute Gasteiger partial charge is 0.265 e. The van der Waals surface area contributed by atoms with Gasteiger partial charge < -0.3 is 14.8 Å². The molecule has 0 radical (unpaired) electrons. The van der Waals surface area contributed by atoms with Crippen molar-refractivity contribution in [3.05, 3.63) is 52.6 Å². The second kappa shape index (κ2) is 7.83. The molecule has 0 bridgehead atoms. The van der Waals surface area contributed by atoms with Gasteiger partial charge in [0, 0.05) is 5.69 Å². The number of carbonyl (C=O) groups excluding carboxylic acids is 2. The Morgan fingerprint density at radius 3 is 2.32 bits per heavy atom. The Bertz CT molecular complexity index is 775. The van der Waals surface area contributed by atoms with Gasteiger partial charge in [-0.1, -0.05) is 17.7 Å². The third-order valence-electron chi connectivity index (χ3n) is 3.94. The van der Waals surface area contributed by atoms with Crippen molar-refractivity contribution in [2.24, 2.45) is 0 Å². The lowest BCUT2D eigenvalue weighted by Crippen LogP contribution is -2.31. The molecule has 1 amide bonds. The summed E-state index contributed by atoms with van der Waals surface area (Å²) in [5, 5.41) is 2.91. The average Bonchev–Trinajstić information content (AvgIpc) is 2.58. The van der Waals surface area contributed by atoms with Gasteiger partial charge in [0.05, 0.1) is 12.7 Å². The minimum atomic E-state index is -0.757. The number of hydrogen-bond acceptors (Lipinski definition) is 4. The van der Waals surface area contributed by atoms with Crippen molar-refractivity contribution in [3.63, 3.8) is 0 Å². The van der Waals surface area contributed by atoms with E-state index in [-0.39, 0.29) is 5.91 Å². The van der Waals surface area contributed by atoms with E-state index in [1.165, 1.54) is 7.11 Å². The van der Waals surface area contributed by atoms with Crippen LogP contribution in [0.5, 0.6) is 11.5 Å². The zero-order valence-corrected chi connectivity index (χ0v) is 15.2. The van der Waals surface area contributed by atoms with Crippen LogP contribution in [0.15, 0.2) is 30.3 Å². The van der Waals surface area contributed by atoms with Gasteiger partial charge in [0.2, 0.25) is 0 Å². The fourth-order valence-electron chi connectivity index (χ4n) is 2.70. The first kappa shape index (κ1) is 18.5. The van der Waals surface area contributed by atoms with Crippen molar-refractivity contribution in [1.82, 2.24) is 0 Å². The SMILES string of the molecule is COc1ccc(O[C@H](C)C(=O)Nc2c(C)cc(C)cc2C)c(C=O)c1. The fourth-order valence-corrected chi connectivity index (χ4v) is 2.70. The van der Waals surface area contributed by atoms with E-state index in [1.807, 2.05) is 32.9 Å². The first-order valence-electron chi connectivity index (χ1n) is 8.04. The summed E-state index contributed by atoms with van der Waals surface area (Å²) in [5.41, 5.74) is 4.26. The van der Waals surface area contributed by atoms with Crippen LogP contribution in [0.25, 0.3) is 0 Å². The third-order valence-corrected chi connectivity index (χ3v) is 3.94. The fraction of sp³-hybridized carbons (Fsp3) is 0.300. The van der Waals surface area contributed by atoms with Crippen LogP contribution in [-0.4, -0.2) is 25.4 Å². The van der Waals surface area contributed by atoms with Crippen molar-refractivity contribution in [3.8, 4) is 11.5 Å². The summed E-state index contributed by atoms with van der Waals surface area (Å²) in [4.78, 5) is 23.7. The zero-order valence-electron chi connectivity index (χ0n) is 15.2. The van der Waals surface area contributed by atoms with E-state index in [1.54, 1.807) is 25.1 Å². The molecule has 1 N–H and O–H groups in total. The molecule has 0 saturated carbocycles. The monoisotopic (exact) mass is 341 g/mol. The number of rotatable bonds is 6. The maximum absolute atomic E-state index is 12.5. The molecule has 0 aliphatic heterocycles. The van der Waals surface area contributed by atoms with E-state index in [0.29, 0.717) is 23.3 Å². The topological polar surface area (TPSA) is 64.6 Å². The molecule has 0 aliphatic rings. The number of ether oxygens (including phenoxy) is 2. The van der Waals surface area contributed by atoms with E-state index < -0.39 is 6.10 Å². The molecule has 0 saturated heterocycles. The molecular weight excluding hydrogens is 318 g/mol. The van der Waals surface area contributed by atoms with Gasteiger partial charge in [0.15, 0.2) is 12.4 Å². The lowest BCUT2D eigenvalue weighted by molar-refractivity contribution is -0.122. The van der Waals surface area contributed by atoms with Crippen LogP contribution in [0.2, 0.25) is 0 Å². The lowest BCUT2D eigenvalue weighted by atomic mass is 10.0. The molecular formula is C20H23NO4. The minimum Gasteiger partial charge on any atom is -0.497 e. The molecule has 0 spiro atoms. The second-order valence-corrected chi connectivity index (χ2v) is 6.04. The summed E-state index contributed by atoms with van der Waals surface area (Å²) in [6.45, 7) is 7.57. The van der Waals surface area contributed by atoms with Gasteiger partial charge in [-0.25, -0.2) is 0 Å². The standard InChI is InChI=1S/C20H23NO4/c1-12-8-13(2)19(14(3)9-12)21-20(23)15(4)25-18-7-6-17(24-5)10-16(18)11-22/h6-11,15H,1-5H3,(H,21,23)/t15-/m1/s1. The van der Waals surface area contributed by atoms with Crippen LogP contribution in [0, 0.1) is 20.8 Å². The predicted molar refractivity (Wildman–Crippen MR) is 97.8 cm³/mol. The number of nitrogens with one attached hydrogen (secondary N) is 1. The first-order valence-corrected chi connectivity index (χ1v) is 8.04. The number of aldehydes is 1. The van der Waals surface area contributed by atoms with Crippen molar-refractivity contribution in [2.45, 2.75) is 33.8 Å². The maximum atomic E-state index is 12.5. The molecule has 2 aromatic rings. The van der Waals surface area contributed by atoms with Crippen molar-refractivity contribution in [2.75, 3.05) is 12.4 Å². The largest absolute Gasteiger partial charge is 0.497 e. The molecule has 1 atom stereocenters. The van der Waals surface area contributed by atoms with Gasteiger partial charge in [-0.05, 0) is 57.0 Å². The highest BCUT2D eigenvalue weighted by atomic mass is 16.5. The van der Waals surface area contributed by atoms with Crippen molar-refractivity contribution >= 4 is 17.9 Å². The Balaban J connectivity index is 2.15. The van der Waals surface area contributed by atoms with Crippen LogP contribution in [-0.2, 0) is 4.79 Å². The van der Waals surface area contributed by atoms with E-state index in [9.17, 15) is 9.59 Å². The van der Waals surface area contributed by atoms with E-state index in [4.69, 9.17) is 9.47 Å². The van der Waals surface area contributed by atoms with Crippen LogP contribution < -0.4 is 14.8 Å². The quantitative estimate of drug-likeness (QED) is 0.811. The van der Waals surface area contributed by atoms with Crippen LogP contribution in [0.1, 0.15) is 34.0 Å². The van der Waals surface area contributed by atoms with Gasteiger partial charge >= 0.3 is 0 Å². The van der Waals surface area contributed by atoms with E-state index in [2.05, 4.69) is 5.32 Å². The van der Waals surface area contributed by atoms with E-state index >= 15 is 0 Å². The number of hydrogen-bond donors (Lipinski definition) is 1. The molecule has 5 nitrogen and oxygen atoms in total. The van der Waals surface area contributed by atoms with Crippen LogP contribution >= 0.6 is 0 Å². The van der Waals surface area contributed by atoms with Gasteiger partial charge in [-0.15, -0.1) is 0 Å². The summed E-state index contributed by atoms with van der Waals surface area (Å²) in [5.74, 6) is 0.621. The molecule has 5 heteroatoms. The van der Waals surface area contributed by atoms with Crippen molar-refractivity contribution < 1.29 is 19.1 Å². The van der Waals surface area contributed by atoms with Crippen LogP contribution in [0.3, 0.4) is 0 Å². The van der Waals surface area contributed by atoms with Crippen molar-refractivity contribution in [1.29, 1.82) is 0 Å². The number of carbonyl (C=O) groups is 2. The van der Waals surface area contributed by atoms with E-state index in [0.717, 1.165) is 22.4 Å². The molecule has 2 aromatic carbocycles. The highest BCUT2D eigenvalue weighted by Crippen LogP contribution is 2.25. The summed E-state index contributed by atoms with van der Waals surface area (Å²) in [6, 6.07) is 8.90. The second-order valence-electron chi connectivity index (χ2n) is 6.04. The highest BCUT2D eigenvalue weighted by molar-refractivity contribution is 5.95. The summed E-state index contributed by atoms with van der Waals surface area (Å²) < 4.78 is 10.8. The van der Waals surface area contributed by atoms with Gasteiger partial charge in [0.25, 0.3) is 5.91 Å². The summed E-state index contributed by atoms with van der Waals surface area (Å²) in [7, 11) is 1.52. The van der Waals surface area contributed by atoms with Gasteiger partial charge in [0.1, 0.15) is 11.5 Å². The molecule has 0 aliphatic carbocycles. The number of aryl methyl sites for hydroxylation is 3. The lowest BCUT2D eigenvalue weighted by Gasteiger charge is -2.18. The highest BCUT2D eigenvalue weighted by Gasteiger charge is 2.18. The molecule has 132 valence electrons. The number of benzene rings is 2. The Morgan fingerprint density at radius 2 is 1.76 bits per heavy atom. The minimum absolute atomic E-state index is 0.275. The molecule has 0 aromatic heterocycles. The number of anilines is 1. The van der Waals surface area contributed by atoms with Gasteiger partial charge in [-0.3, -0.25) is 9.59 Å². The maximum Gasteiger partial charge on any atom is 0.265 e. The summed E-state index contributed by atoms with van der Waals surface area (Å²) in [6.07, 6.45) is -0.0799. The Morgan fingerprint density at radius 1 is 1.12 bits per heavy atom. The molecule has 0 fully saturated rings. The Kier molecular flexibility index (Phi) is 5.80. The zero-order chi connectivity index (χ0) is 18.6. The number of amides is 1. The molecule has 2 rings (SSSR count). The Labute approximate surface area is 148 Å². The molecule has 25 heavy (non-hydrogen) atoms. The van der Waals surface area contributed by atoms with Gasteiger partial charge in [-0.2, -0.15) is 0 Å². The predicted octanol–water partition coefficient (Wildman–Crippen LogP) is 3.84. The normalized spacial score (nSPS) is 11.6. The number of methoxy groups -OCH3 is 1. The Hall–Kier alpha value is -2.82. The average molecular weight is 341 g/mol. The third kappa shape index (κ3) is 4.38.